The number of hydrogen-bond donors (Lipinski definition) is 7. The average molecular weight is 1030 g/mol. The van der Waals surface area contributed by atoms with Crippen molar-refractivity contribution in [3.8, 4) is 0 Å². The Bertz CT molecular complexity index is 1620. The first kappa shape index (κ1) is 61.3. The van der Waals surface area contributed by atoms with Gasteiger partial charge >= 0.3 is 29.8 Å². The molecule has 0 bridgehead atoms. The zero-order chi connectivity index (χ0) is 50.6. The summed E-state index contributed by atoms with van der Waals surface area (Å²) in [6.45, 7) is 17.3. The number of hydrogen-bond acceptors (Lipinski definition) is 16. The number of nitrogens with two attached hydrogens (primary N) is 1. The molecule has 0 atom stereocenters. The minimum Gasteiger partial charge on any atom is -0.481 e. The first-order valence-electron chi connectivity index (χ1n) is 21.2. The molecule has 0 unspecified atom stereocenters. The number of hydroxylamine groups is 2. The zero-order valence-corrected chi connectivity index (χ0v) is 40.9. The topological polar surface area (TPSA) is 324 Å². The SMILES string of the molecule is CC(C)(C)O.CC(C)(C)OC(=O)CCCC(=O)NCCc1cnc[nH]1.CC(C)(C)OC(=O)CCCC(=O)O.NCCc1cnc[nH]1.O=C1CCC(=O)N1O.O=C1CCCC(=O)O1.[2H]CI. The molecule has 8 N–H and O–H groups in total. The van der Waals surface area contributed by atoms with E-state index in [2.05, 4.69) is 30.0 Å². The third-order valence-electron chi connectivity index (χ3n) is 6.65. The number of cyclic esters (lactones) is 2. The van der Waals surface area contributed by atoms with E-state index in [4.69, 9.17) is 32.0 Å². The number of H-pyrrole nitrogens is 2. The number of esters is 4. The molecule has 21 nitrogen and oxygen atoms in total. The van der Waals surface area contributed by atoms with Crippen LogP contribution < -0.4 is 11.1 Å². The lowest BCUT2D eigenvalue weighted by molar-refractivity contribution is -0.171. The van der Waals surface area contributed by atoms with Crippen molar-refractivity contribution >= 4 is 70.2 Å². The number of carbonyl (C=O) groups excluding carboxylic acids is 7. The van der Waals surface area contributed by atoms with Crippen molar-refractivity contribution in [1.29, 1.82) is 0 Å². The van der Waals surface area contributed by atoms with Gasteiger partial charge in [0, 0.05) is 95.9 Å². The summed E-state index contributed by atoms with van der Waals surface area (Å²) >= 11 is 1.96. The number of ether oxygens (including phenoxy) is 3. The Kier molecular flexibility index (Phi) is 34.0. The van der Waals surface area contributed by atoms with Gasteiger partial charge in [0.15, 0.2) is 0 Å². The second-order valence-corrected chi connectivity index (χ2v) is 16.5. The highest BCUT2D eigenvalue weighted by Crippen LogP contribution is 2.11. The number of rotatable bonds is 13. The summed E-state index contributed by atoms with van der Waals surface area (Å²) in [6.07, 6.45) is 11.8. The minimum atomic E-state index is -0.886. The summed E-state index contributed by atoms with van der Waals surface area (Å²) in [6, 6.07) is 0. The van der Waals surface area contributed by atoms with Crippen LogP contribution in [0.5, 0.6) is 0 Å². The van der Waals surface area contributed by atoms with Crippen molar-refractivity contribution in [2.45, 2.75) is 163 Å². The third-order valence-corrected chi connectivity index (χ3v) is 6.65. The predicted molar refractivity (Wildman–Crippen MR) is 243 cm³/mol. The normalized spacial score (nSPS) is 13.3. The molecule has 4 heterocycles. The summed E-state index contributed by atoms with van der Waals surface area (Å²) < 4.78 is 20.6. The number of nitrogens with zero attached hydrogens (tertiary/aromatic N) is 3. The van der Waals surface area contributed by atoms with Crippen molar-refractivity contribution in [2.75, 3.05) is 18.0 Å². The second kappa shape index (κ2) is 35.5. The smallest absolute Gasteiger partial charge is 0.313 e. The van der Waals surface area contributed by atoms with Crippen LogP contribution >= 0.6 is 22.6 Å². The van der Waals surface area contributed by atoms with Gasteiger partial charge in [0.2, 0.25) is 5.91 Å². The van der Waals surface area contributed by atoms with Crippen LogP contribution in [0.3, 0.4) is 0 Å². The number of imidazole rings is 2. The number of alkyl halides is 1. The van der Waals surface area contributed by atoms with Crippen molar-refractivity contribution in [3.05, 3.63) is 36.4 Å². The van der Waals surface area contributed by atoms with E-state index in [0.29, 0.717) is 56.5 Å². The maximum Gasteiger partial charge on any atom is 0.313 e. The van der Waals surface area contributed by atoms with Crippen molar-refractivity contribution in [1.82, 2.24) is 30.3 Å². The quantitative estimate of drug-likeness (QED) is 0.0273. The molecule has 4 rings (SSSR count). The van der Waals surface area contributed by atoms with Gasteiger partial charge in [0.25, 0.3) is 11.8 Å². The summed E-state index contributed by atoms with van der Waals surface area (Å²) in [4.78, 5) is 99.2. The van der Waals surface area contributed by atoms with E-state index in [-0.39, 0.29) is 67.0 Å². The fraction of sp³-hybridized carbons (Fsp3) is 0.667. The van der Waals surface area contributed by atoms with Gasteiger partial charge in [0.05, 0.1) is 18.3 Å². The maximum atomic E-state index is 11.5. The molecule has 0 spiro atoms. The van der Waals surface area contributed by atoms with Crippen molar-refractivity contribution < 1.29 is 69.4 Å². The molecule has 3 amide bonds. The lowest BCUT2D eigenvalue weighted by Crippen LogP contribution is -2.26. The summed E-state index contributed by atoms with van der Waals surface area (Å²) in [5, 5.41) is 28.2. The fourth-order valence-electron chi connectivity index (χ4n) is 4.16. The molecule has 366 valence electrons. The van der Waals surface area contributed by atoms with Crippen LogP contribution in [0.2, 0.25) is 0 Å². The number of amides is 3. The van der Waals surface area contributed by atoms with E-state index in [1.165, 1.54) is 0 Å². The Morgan fingerprint density at radius 1 is 0.797 bits per heavy atom. The number of carboxylic acids is 1. The van der Waals surface area contributed by atoms with Crippen LogP contribution in [-0.4, -0.2) is 123 Å². The van der Waals surface area contributed by atoms with Gasteiger partial charge in [-0.1, -0.05) is 22.6 Å². The predicted octanol–water partition coefficient (Wildman–Crippen LogP) is 4.67. The first-order chi connectivity index (χ1) is 30.0. The maximum absolute atomic E-state index is 11.5. The van der Waals surface area contributed by atoms with E-state index in [0.717, 1.165) is 24.2 Å². The first-order valence-corrected chi connectivity index (χ1v) is 22.0. The number of aliphatic hydroxyl groups is 1. The Labute approximate surface area is 391 Å². The van der Waals surface area contributed by atoms with Crippen molar-refractivity contribution in [3.63, 3.8) is 0 Å². The Morgan fingerprint density at radius 2 is 1.20 bits per heavy atom. The highest BCUT2D eigenvalue weighted by atomic mass is 127. The number of aromatic amines is 2. The Morgan fingerprint density at radius 3 is 1.50 bits per heavy atom. The third kappa shape index (κ3) is 45.2. The minimum absolute atomic E-state index is 0.0131. The molecule has 0 radical (unpaired) electrons. The average Bonchev–Trinajstić information content (AvgIpc) is 3.93. The molecular formula is C42H72IN7O14. The van der Waals surface area contributed by atoms with Crippen LogP contribution in [0, 0.1) is 0 Å². The molecule has 0 aromatic carbocycles. The van der Waals surface area contributed by atoms with E-state index >= 15 is 0 Å². The summed E-state index contributed by atoms with van der Waals surface area (Å²) in [5.74, 6) is -3.32. The van der Waals surface area contributed by atoms with Crippen LogP contribution in [0.25, 0.3) is 0 Å². The molecule has 2 aliphatic rings. The lowest BCUT2D eigenvalue weighted by atomic mass is 10.2. The molecular weight excluding hydrogens is 953 g/mol. The lowest BCUT2D eigenvalue weighted by Gasteiger charge is -2.19. The number of halogens is 1. The number of aromatic nitrogens is 4. The largest absolute Gasteiger partial charge is 0.481 e. The van der Waals surface area contributed by atoms with Gasteiger partial charge in [-0.05, 0) is 93.0 Å². The number of carboxylic acid groups (broad SMARTS) is 1. The summed E-state index contributed by atoms with van der Waals surface area (Å²) in [5.41, 5.74) is 5.91. The van der Waals surface area contributed by atoms with Gasteiger partial charge in [-0.3, -0.25) is 43.6 Å². The van der Waals surface area contributed by atoms with Crippen LogP contribution in [0.15, 0.2) is 25.0 Å². The van der Waals surface area contributed by atoms with E-state index < -0.39 is 34.6 Å². The standard InChI is InChI=1S/C14H23N3O3.C9H16O4.C5H9N3.C5H6O3.C4H5NO3.C4H10O.CH3I/c1-14(2,3)20-13(19)6-4-5-12(18)16-8-7-11-9-15-10-17-11;1-9(2,3)13-8(12)6-4-5-7(10)11;6-2-1-5-3-7-4-8-5;6-4-2-1-3-5(7)8-4;6-3-1-2-4(7)5(3)8;1-4(2,3)5;1-2/h9-10H,4-8H2,1-3H3,(H,15,17)(H,16,18);4-6H2,1-3H3,(H,10,11);3-4H,1-2,6H2,(H,7,8);1-3H2;8H,1-2H2;5H,1-3H3;1H3/i;;;;;;1D. The van der Waals surface area contributed by atoms with E-state index in [1.54, 1.807) is 66.6 Å². The highest BCUT2D eigenvalue weighted by Gasteiger charge is 2.27. The van der Waals surface area contributed by atoms with E-state index in [9.17, 15) is 38.4 Å². The molecule has 2 aliphatic heterocycles. The molecule has 2 saturated heterocycles. The molecule has 2 fully saturated rings. The summed E-state index contributed by atoms with van der Waals surface area (Å²) in [7, 11) is 0. The number of nitrogens with one attached hydrogen (secondary N) is 3. The zero-order valence-electron chi connectivity index (χ0n) is 39.8. The van der Waals surface area contributed by atoms with Gasteiger partial charge in [0.1, 0.15) is 11.2 Å². The van der Waals surface area contributed by atoms with Crippen LogP contribution in [0.4, 0.5) is 0 Å². The van der Waals surface area contributed by atoms with Crippen molar-refractivity contribution in [2.24, 2.45) is 5.73 Å². The second-order valence-electron chi connectivity index (χ2n) is 16.5. The van der Waals surface area contributed by atoms with Crippen LogP contribution in [0.1, 0.15) is 146 Å². The Hall–Kier alpha value is -4.81. The number of imide groups is 1. The highest BCUT2D eigenvalue weighted by molar-refractivity contribution is 14.1. The molecule has 2 aromatic rings. The van der Waals surface area contributed by atoms with Gasteiger partial charge < -0.3 is 45.4 Å². The molecule has 0 saturated carbocycles. The molecule has 22 heteroatoms. The van der Waals surface area contributed by atoms with Gasteiger partial charge in [-0.15, -0.1) is 0 Å². The van der Waals surface area contributed by atoms with Crippen LogP contribution in [-0.2, 0) is 65.4 Å². The monoisotopic (exact) mass is 1030 g/mol. The van der Waals surface area contributed by atoms with Gasteiger partial charge in [-0.2, -0.15) is 5.06 Å². The van der Waals surface area contributed by atoms with Gasteiger partial charge in [-0.25, -0.2) is 9.97 Å². The molecule has 64 heavy (non-hydrogen) atoms. The number of aliphatic carboxylic acids is 1. The molecule has 0 aliphatic carbocycles. The number of carbonyl (C=O) groups is 8. The van der Waals surface area contributed by atoms with E-state index in [1.807, 2.05) is 43.4 Å². The fourth-order valence-corrected chi connectivity index (χ4v) is 4.16. The Balaban J connectivity index is -0.000000741. The molecule has 2 aromatic heterocycles.